The number of ether oxygens (including phenoxy) is 2. The summed E-state index contributed by atoms with van der Waals surface area (Å²) in [6.07, 6.45) is 0. The summed E-state index contributed by atoms with van der Waals surface area (Å²) in [4.78, 5) is 14.6. The van der Waals surface area contributed by atoms with E-state index in [0.717, 1.165) is 33.0 Å². The number of hydrogen-bond donors (Lipinski definition) is 1. The van der Waals surface area contributed by atoms with Gasteiger partial charge in [-0.15, -0.1) is 11.3 Å². The molecule has 0 bridgehead atoms. The lowest BCUT2D eigenvalue weighted by Crippen LogP contribution is -2.31. The van der Waals surface area contributed by atoms with Crippen LogP contribution in [0.15, 0.2) is 24.3 Å². The summed E-state index contributed by atoms with van der Waals surface area (Å²) in [5.41, 5.74) is 1.96. The molecule has 1 atom stereocenters. The SMILES string of the molecule is Cc1nn(C)c2sc(C(=O)NC(c3ccc4c(c3)OCCO4)C(C)C)cc12. The number of carbonyl (C=O) groups excluding carboxylic acids is 1. The van der Waals surface area contributed by atoms with Gasteiger partial charge in [-0.25, -0.2) is 0 Å². The number of rotatable bonds is 4. The van der Waals surface area contributed by atoms with E-state index in [4.69, 9.17) is 9.47 Å². The normalized spacial score (nSPS) is 14.6. The molecule has 3 aromatic rings. The van der Waals surface area contributed by atoms with Crippen molar-refractivity contribution >= 4 is 27.5 Å². The molecule has 0 saturated heterocycles. The summed E-state index contributed by atoms with van der Waals surface area (Å²) in [6.45, 7) is 7.27. The van der Waals surface area contributed by atoms with Crippen LogP contribution in [0.2, 0.25) is 0 Å². The lowest BCUT2D eigenvalue weighted by atomic mass is 9.95. The van der Waals surface area contributed by atoms with Crippen LogP contribution in [-0.4, -0.2) is 28.9 Å². The van der Waals surface area contributed by atoms with Gasteiger partial charge in [0, 0.05) is 12.4 Å². The Morgan fingerprint density at radius 1 is 1.22 bits per heavy atom. The molecule has 7 heteroatoms. The van der Waals surface area contributed by atoms with Crippen LogP contribution in [0.5, 0.6) is 11.5 Å². The summed E-state index contributed by atoms with van der Waals surface area (Å²) in [7, 11) is 1.90. The van der Waals surface area contributed by atoms with E-state index in [2.05, 4.69) is 24.3 Å². The molecule has 3 heterocycles. The predicted molar refractivity (Wildman–Crippen MR) is 106 cm³/mol. The largest absolute Gasteiger partial charge is 0.486 e. The first-order valence-corrected chi connectivity index (χ1v) is 9.89. The number of carbonyl (C=O) groups is 1. The first-order chi connectivity index (χ1) is 12.9. The number of aryl methyl sites for hydroxylation is 2. The van der Waals surface area contributed by atoms with Crippen molar-refractivity contribution in [1.82, 2.24) is 15.1 Å². The van der Waals surface area contributed by atoms with Gasteiger partial charge >= 0.3 is 0 Å². The highest BCUT2D eigenvalue weighted by Crippen LogP contribution is 2.35. The molecule has 1 amide bonds. The third-order valence-corrected chi connectivity index (χ3v) is 6.00. The fourth-order valence-electron chi connectivity index (χ4n) is 3.42. The van der Waals surface area contributed by atoms with E-state index in [1.165, 1.54) is 11.3 Å². The minimum atomic E-state index is -0.113. The molecule has 0 aliphatic carbocycles. The average Bonchev–Trinajstić information content (AvgIpc) is 3.20. The van der Waals surface area contributed by atoms with E-state index in [9.17, 15) is 4.79 Å². The van der Waals surface area contributed by atoms with Crippen molar-refractivity contribution in [3.8, 4) is 11.5 Å². The van der Waals surface area contributed by atoms with Crippen molar-refractivity contribution in [3.05, 3.63) is 40.4 Å². The van der Waals surface area contributed by atoms with Gasteiger partial charge in [0.25, 0.3) is 5.91 Å². The van der Waals surface area contributed by atoms with Crippen molar-refractivity contribution in [1.29, 1.82) is 0 Å². The fourth-order valence-corrected chi connectivity index (χ4v) is 4.44. The second kappa shape index (κ2) is 6.88. The summed E-state index contributed by atoms with van der Waals surface area (Å²) in [6, 6.07) is 7.70. The molecule has 6 nitrogen and oxygen atoms in total. The Morgan fingerprint density at radius 3 is 2.67 bits per heavy atom. The molecule has 1 aliphatic heterocycles. The van der Waals surface area contributed by atoms with E-state index < -0.39 is 0 Å². The van der Waals surface area contributed by atoms with Crippen LogP contribution >= 0.6 is 11.3 Å². The molecule has 1 aliphatic rings. The van der Waals surface area contributed by atoms with Gasteiger partial charge in [-0.3, -0.25) is 9.48 Å². The maximum Gasteiger partial charge on any atom is 0.261 e. The predicted octanol–water partition coefficient (Wildman–Crippen LogP) is 3.84. The third-order valence-electron chi connectivity index (χ3n) is 4.80. The van der Waals surface area contributed by atoms with Crippen LogP contribution in [0, 0.1) is 12.8 Å². The minimum absolute atomic E-state index is 0.0656. The van der Waals surface area contributed by atoms with Gasteiger partial charge in [-0.05, 0) is 36.6 Å². The monoisotopic (exact) mass is 385 g/mol. The Labute approximate surface area is 162 Å². The standard InChI is InChI=1S/C20H23N3O3S/c1-11(2)18(13-5-6-15-16(9-13)26-8-7-25-15)21-19(24)17-10-14-12(3)22-23(4)20(14)27-17/h5-6,9-11,18H,7-8H2,1-4H3,(H,21,24). The maximum atomic E-state index is 12.9. The highest BCUT2D eigenvalue weighted by Gasteiger charge is 2.23. The molecule has 2 aromatic heterocycles. The zero-order valence-electron chi connectivity index (χ0n) is 15.9. The van der Waals surface area contributed by atoms with Crippen molar-refractivity contribution in [2.24, 2.45) is 13.0 Å². The third kappa shape index (κ3) is 3.27. The lowest BCUT2D eigenvalue weighted by molar-refractivity contribution is 0.0929. The Kier molecular flexibility index (Phi) is 4.55. The number of fused-ring (bicyclic) bond motifs is 2. The van der Waals surface area contributed by atoms with Crippen LogP contribution in [-0.2, 0) is 7.05 Å². The molecule has 1 unspecified atom stereocenters. The number of aromatic nitrogens is 2. The number of nitrogens with zero attached hydrogens (tertiary/aromatic N) is 2. The molecule has 1 N–H and O–H groups in total. The topological polar surface area (TPSA) is 65.4 Å². The highest BCUT2D eigenvalue weighted by molar-refractivity contribution is 7.20. The van der Waals surface area contributed by atoms with Crippen molar-refractivity contribution in [2.45, 2.75) is 26.8 Å². The van der Waals surface area contributed by atoms with Crippen LogP contribution < -0.4 is 14.8 Å². The molecule has 1 aromatic carbocycles. The van der Waals surface area contributed by atoms with Gasteiger partial charge in [-0.1, -0.05) is 19.9 Å². The summed E-state index contributed by atoms with van der Waals surface area (Å²) in [5, 5.41) is 8.62. The smallest absolute Gasteiger partial charge is 0.261 e. The zero-order valence-corrected chi connectivity index (χ0v) is 16.7. The molecule has 0 saturated carbocycles. The minimum Gasteiger partial charge on any atom is -0.486 e. The molecule has 27 heavy (non-hydrogen) atoms. The van der Waals surface area contributed by atoms with Gasteiger partial charge in [0.05, 0.1) is 16.6 Å². The first-order valence-electron chi connectivity index (χ1n) is 9.07. The van der Waals surface area contributed by atoms with Crippen LogP contribution in [0.1, 0.15) is 40.8 Å². The molecule has 4 rings (SSSR count). The van der Waals surface area contributed by atoms with Crippen molar-refractivity contribution in [3.63, 3.8) is 0 Å². The number of benzene rings is 1. The van der Waals surface area contributed by atoms with E-state index in [1.807, 2.05) is 42.9 Å². The van der Waals surface area contributed by atoms with Crippen LogP contribution in [0.4, 0.5) is 0 Å². The highest BCUT2D eigenvalue weighted by atomic mass is 32.1. The molecule has 0 spiro atoms. The molecule has 0 fully saturated rings. The van der Waals surface area contributed by atoms with E-state index >= 15 is 0 Å². The summed E-state index contributed by atoms with van der Waals surface area (Å²) < 4.78 is 13.1. The first kappa shape index (κ1) is 17.9. The number of thiophene rings is 1. The fraction of sp³-hybridized carbons (Fsp3) is 0.400. The van der Waals surface area contributed by atoms with E-state index in [0.29, 0.717) is 18.1 Å². The second-order valence-electron chi connectivity index (χ2n) is 7.14. The molecular formula is C20H23N3O3S. The Balaban J connectivity index is 1.60. The maximum absolute atomic E-state index is 12.9. The lowest BCUT2D eigenvalue weighted by Gasteiger charge is -2.25. The van der Waals surface area contributed by atoms with Gasteiger partial charge in [0.1, 0.15) is 18.0 Å². The van der Waals surface area contributed by atoms with E-state index in [1.54, 1.807) is 0 Å². The molecule has 0 radical (unpaired) electrons. The number of amides is 1. The molecule has 142 valence electrons. The number of nitrogens with one attached hydrogen (secondary N) is 1. The van der Waals surface area contributed by atoms with Crippen molar-refractivity contribution in [2.75, 3.05) is 13.2 Å². The van der Waals surface area contributed by atoms with Crippen LogP contribution in [0.25, 0.3) is 10.2 Å². The number of hydrogen-bond acceptors (Lipinski definition) is 5. The van der Waals surface area contributed by atoms with Gasteiger partial charge in [0.15, 0.2) is 11.5 Å². The second-order valence-corrected chi connectivity index (χ2v) is 8.17. The quantitative estimate of drug-likeness (QED) is 0.741. The van der Waals surface area contributed by atoms with Crippen molar-refractivity contribution < 1.29 is 14.3 Å². The van der Waals surface area contributed by atoms with Crippen LogP contribution in [0.3, 0.4) is 0 Å². The van der Waals surface area contributed by atoms with Gasteiger partial charge in [0.2, 0.25) is 0 Å². The van der Waals surface area contributed by atoms with Gasteiger partial charge in [-0.2, -0.15) is 5.10 Å². The Bertz CT molecular complexity index is 971. The van der Waals surface area contributed by atoms with E-state index in [-0.39, 0.29) is 17.9 Å². The molecular weight excluding hydrogens is 362 g/mol. The summed E-state index contributed by atoms with van der Waals surface area (Å²) >= 11 is 1.47. The van der Waals surface area contributed by atoms with Gasteiger partial charge < -0.3 is 14.8 Å². The summed E-state index contributed by atoms with van der Waals surface area (Å²) in [5.74, 6) is 1.66. The Hall–Kier alpha value is -2.54. The Morgan fingerprint density at radius 2 is 1.96 bits per heavy atom. The average molecular weight is 385 g/mol. The zero-order chi connectivity index (χ0) is 19.1.